The summed E-state index contributed by atoms with van der Waals surface area (Å²) in [4.78, 5) is 24.0. The maximum absolute atomic E-state index is 12.4. The Morgan fingerprint density at radius 3 is 2.67 bits per heavy atom. The van der Waals surface area contributed by atoms with Gasteiger partial charge in [-0.25, -0.2) is 4.79 Å². The summed E-state index contributed by atoms with van der Waals surface area (Å²) in [6.07, 6.45) is 0. The second kappa shape index (κ2) is 9.57. The number of esters is 1. The summed E-state index contributed by atoms with van der Waals surface area (Å²) in [6.45, 7) is 1.72. The molecule has 0 saturated carbocycles. The summed E-state index contributed by atoms with van der Waals surface area (Å²) in [5.74, 6) is -1.26. The van der Waals surface area contributed by atoms with Crippen LogP contribution in [0.3, 0.4) is 0 Å². The normalized spacial score (nSPS) is 10.7. The van der Waals surface area contributed by atoms with Gasteiger partial charge in [0.15, 0.2) is 0 Å². The second-order valence-electron chi connectivity index (χ2n) is 5.06. The van der Waals surface area contributed by atoms with Crippen LogP contribution in [0.2, 0.25) is 10.0 Å². The first-order chi connectivity index (χ1) is 12.9. The van der Waals surface area contributed by atoms with Crippen LogP contribution in [-0.4, -0.2) is 24.2 Å². The maximum atomic E-state index is 12.4. The van der Waals surface area contributed by atoms with E-state index >= 15 is 0 Å². The topological polar surface area (TPSA) is 104 Å². The number of nitriles is 1. The predicted octanol–water partition coefficient (Wildman–Crippen LogP) is 4.10. The number of amides is 1. The SMILES string of the molecule is CCOC(=O)/C(C#N)=N/Nc1cc(C(=O)Nc2cccc(Cl)c2)ccc1Cl. The average Bonchev–Trinajstić information content (AvgIpc) is 2.63. The molecule has 0 aliphatic heterocycles. The summed E-state index contributed by atoms with van der Waals surface area (Å²) in [7, 11) is 0. The molecule has 0 unspecified atom stereocenters. The van der Waals surface area contributed by atoms with Crippen molar-refractivity contribution in [3.8, 4) is 6.07 Å². The lowest BCUT2D eigenvalue weighted by Crippen LogP contribution is -2.17. The number of rotatable bonds is 6. The summed E-state index contributed by atoms with van der Waals surface area (Å²) in [6, 6.07) is 12.8. The molecule has 0 heterocycles. The Labute approximate surface area is 165 Å². The van der Waals surface area contributed by atoms with Crippen LogP contribution in [0, 0.1) is 11.3 Å². The van der Waals surface area contributed by atoms with Crippen molar-refractivity contribution in [1.29, 1.82) is 5.26 Å². The van der Waals surface area contributed by atoms with Crippen LogP contribution in [0.25, 0.3) is 0 Å². The van der Waals surface area contributed by atoms with Gasteiger partial charge in [-0.1, -0.05) is 29.3 Å². The van der Waals surface area contributed by atoms with E-state index in [0.717, 1.165) is 0 Å². The number of anilines is 2. The fourth-order valence-electron chi connectivity index (χ4n) is 1.95. The van der Waals surface area contributed by atoms with Crippen LogP contribution in [0.15, 0.2) is 47.6 Å². The molecule has 1 amide bonds. The zero-order valence-corrected chi connectivity index (χ0v) is 15.6. The smallest absolute Gasteiger partial charge is 0.369 e. The van der Waals surface area contributed by atoms with Gasteiger partial charge in [0.25, 0.3) is 5.91 Å². The fraction of sp³-hybridized carbons (Fsp3) is 0.111. The highest BCUT2D eigenvalue weighted by atomic mass is 35.5. The van der Waals surface area contributed by atoms with Crippen molar-refractivity contribution in [2.75, 3.05) is 17.3 Å². The van der Waals surface area contributed by atoms with Crippen molar-refractivity contribution in [3.05, 3.63) is 58.1 Å². The van der Waals surface area contributed by atoms with Crippen LogP contribution >= 0.6 is 23.2 Å². The molecule has 0 radical (unpaired) electrons. The van der Waals surface area contributed by atoms with E-state index in [2.05, 4.69) is 15.8 Å². The summed E-state index contributed by atoms with van der Waals surface area (Å²) in [5, 5.41) is 16.1. The van der Waals surface area contributed by atoms with Crippen molar-refractivity contribution in [2.45, 2.75) is 6.92 Å². The number of hydrogen-bond donors (Lipinski definition) is 2. The highest BCUT2D eigenvalue weighted by Gasteiger charge is 2.13. The van der Waals surface area contributed by atoms with Crippen LogP contribution in [0.4, 0.5) is 11.4 Å². The number of hydrogen-bond acceptors (Lipinski definition) is 6. The van der Waals surface area contributed by atoms with Crippen LogP contribution in [0.1, 0.15) is 17.3 Å². The van der Waals surface area contributed by atoms with Crippen molar-refractivity contribution in [3.63, 3.8) is 0 Å². The molecular weight excluding hydrogens is 391 g/mol. The zero-order valence-electron chi connectivity index (χ0n) is 14.1. The largest absolute Gasteiger partial charge is 0.461 e. The molecule has 7 nitrogen and oxygen atoms in total. The Balaban J connectivity index is 2.19. The summed E-state index contributed by atoms with van der Waals surface area (Å²) < 4.78 is 4.71. The molecular formula is C18H14Cl2N4O3. The molecule has 0 bridgehead atoms. The third kappa shape index (κ3) is 5.71. The summed E-state index contributed by atoms with van der Waals surface area (Å²) in [5.41, 5.74) is 3.09. The molecule has 2 rings (SSSR count). The molecule has 0 aliphatic carbocycles. The van der Waals surface area contributed by atoms with E-state index in [9.17, 15) is 9.59 Å². The van der Waals surface area contributed by atoms with Gasteiger partial charge in [0.05, 0.1) is 17.3 Å². The zero-order chi connectivity index (χ0) is 19.8. The first-order valence-electron chi connectivity index (χ1n) is 7.72. The number of carbonyl (C=O) groups is 2. The molecule has 138 valence electrons. The van der Waals surface area contributed by atoms with Gasteiger partial charge in [0.1, 0.15) is 6.07 Å². The molecule has 0 atom stereocenters. The van der Waals surface area contributed by atoms with Gasteiger partial charge in [-0.3, -0.25) is 10.2 Å². The number of benzene rings is 2. The number of nitrogens with one attached hydrogen (secondary N) is 2. The first kappa shape index (κ1) is 20.2. The van der Waals surface area contributed by atoms with E-state index in [1.807, 2.05) is 0 Å². The number of carbonyl (C=O) groups excluding carboxylic acids is 2. The van der Waals surface area contributed by atoms with Crippen molar-refractivity contribution in [1.82, 2.24) is 0 Å². The van der Waals surface area contributed by atoms with Gasteiger partial charge in [-0.15, -0.1) is 0 Å². The lowest BCUT2D eigenvalue weighted by molar-refractivity contribution is -0.134. The standard InChI is InChI=1S/C18H14Cl2N4O3/c1-2-27-18(26)16(10-21)24-23-15-8-11(6-7-14(15)20)17(25)22-13-5-3-4-12(19)9-13/h3-9,23H,2H2,1H3,(H,22,25)/b24-16+. The van der Waals surface area contributed by atoms with E-state index in [0.29, 0.717) is 10.7 Å². The number of hydrazone groups is 1. The van der Waals surface area contributed by atoms with Crippen LogP contribution in [-0.2, 0) is 9.53 Å². The molecule has 0 aromatic heterocycles. The van der Waals surface area contributed by atoms with Gasteiger partial charge in [-0.2, -0.15) is 10.4 Å². The fourth-order valence-corrected chi connectivity index (χ4v) is 2.30. The molecule has 0 fully saturated rings. The molecule has 27 heavy (non-hydrogen) atoms. The second-order valence-corrected chi connectivity index (χ2v) is 5.91. The Morgan fingerprint density at radius 2 is 2.00 bits per heavy atom. The van der Waals surface area contributed by atoms with Crippen molar-refractivity contribution >= 4 is 52.2 Å². The van der Waals surface area contributed by atoms with Gasteiger partial charge < -0.3 is 10.1 Å². The lowest BCUT2D eigenvalue weighted by atomic mass is 10.2. The van der Waals surface area contributed by atoms with Gasteiger partial charge in [0, 0.05) is 16.3 Å². The molecule has 0 aliphatic rings. The average molecular weight is 405 g/mol. The summed E-state index contributed by atoms with van der Waals surface area (Å²) >= 11 is 12.0. The molecule has 0 spiro atoms. The van der Waals surface area contributed by atoms with Crippen LogP contribution in [0.5, 0.6) is 0 Å². The highest BCUT2D eigenvalue weighted by molar-refractivity contribution is 6.43. The van der Waals surface area contributed by atoms with Crippen LogP contribution < -0.4 is 10.7 Å². The minimum atomic E-state index is -0.863. The van der Waals surface area contributed by atoms with E-state index in [-0.39, 0.29) is 22.9 Å². The first-order valence-corrected chi connectivity index (χ1v) is 8.47. The van der Waals surface area contributed by atoms with Gasteiger partial charge in [-0.05, 0) is 43.3 Å². The Hall–Kier alpha value is -3.08. The van der Waals surface area contributed by atoms with E-state index in [1.165, 1.54) is 18.2 Å². The number of nitrogens with zero attached hydrogens (tertiary/aromatic N) is 2. The van der Waals surface area contributed by atoms with E-state index in [4.69, 9.17) is 33.2 Å². The van der Waals surface area contributed by atoms with Crippen molar-refractivity contribution < 1.29 is 14.3 Å². The Bertz CT molecular complexity index is 938. The molecule has 2 N–H and O–H groups in total. The lowest BCUT2D eigenvalue weighted by Gasteiger charge is -2.09. The minimum Gasteiger partial charge on any atom is -0.461 e. The van der Waals surface area contributed by atoms with Gasteiger partial charge in [0.2, 0.25) is 5.71 Å². The number of halogens is 2. The third-order valence-electron chi connectivity index (χ3n) is 3.17. The maximum Gasteiger partial charge on any atom is 0.369 e. The monoisotopic (exact) mass is 404 g/mol. The predicted molar refractivity (Wildman–Crippen MR) is 104 cm³/mol. The third-order valence-corrected chi connectivity index (χ3v) is 3.74. The molecule has 2 aromatic carbocycles. The minimum absolute atomic E-state index is 0.111. The Kier molecular flexibility index (Phi) is 7.17. The van der Waals surface area contributed by atoms with E-state index in [1.54, 1.807) is 37.3 Å². The molecule has 2 aromatic rings. The molecule has 9 heteroatoms. The number of ether oxygens (including phenoxy) is 1. The highest BCUT2D eigenvalue weighted by Crippen LogP contribution is 2.24. The molecule has 0 saturated heterocycles. The Morgan fingerprint density at radius 1 is 1.22 bits per heavy atom. The van der Waals surface area contributed by atoms with Crippen molar-refractivity contribution in [2.24, 2.45) is 5.10 Å². The van der Waals surface area contributed by atoms with Gasteiger partial charge >= 0.3 is 5.97 Å². The quantitative estimate of drug-likeness (QED) is 0.428. The van der Waals surface area contributed by atoms with E-state index < -0.39 is 17.6 Å².